The second-order valence-corrected chi connectivity index (χ2v) is 6.91. The van der Waals surface area contributed by atoms with Gasteiger partial charge < -0.3 is 19.8 Å². The average molecular weight is 287 g/mol. The Balaban J connectivity index is 1.99. The van der Waals surface area contributed by atoms with Crippen LogP contribution < -0.4 is 4.74 Å². The number of aliphatic hydroxyl groups excluding tert-OH is 1. The summed E-state index contributed by atoms with van der Waals surface area (Å²) in [6.45, 7) is 2.17. The second-order valence-electron chi connectivity index (χ2n) is 6.91. The predicted octanol–water partition coefficient (Wildman–Crippen LogP) is 1.44. The van der Waals surface area contributed by atoms with Gasteiger partial charge in [-0.05, 0) is 32.1 Å². The molecule has 112 valence electrons. The number of hydrogen-bond donors (Lipinski definition) is 2. The topological polar surface area (TPSA) is 52.9 Å². The summed E-state index contributed by atoms with van der Waals surface area (Å²) in [5, 5.41) is 20.5. The van der Waals surface area contributed by atoms with Crippen molar-refractivity contribution in [2.75, 3.05) is 14.1 Å². The fourth-order valence-electron chi connectivity index (χ4n) is 4.58. The van der Waals surface area contributed by atoms with E-state index in [1.807, 2.05) is 12.1 Å². The van der Waals surface area contributed by atoms with E-state index in [-0.39, 0.29) is 23.2 Å². The van der Waals surface area contributed by atoms with Crippen molar-refractivity contribution in [3.63, 3.8) is 0 Å². The predicted molar refractivity (Wildman–Crippen MR) is 79.7 cm³/mol. The highest BCUT2D eigenvalue weighted by Crippen LogP contribution is 2.58. The van der Waals surface area contributed by atoms with Gasteiger partial charge in [0.2, 0.25) is 0 Å². The van der Waals surface area contributed by atoms with E-state index in [0.717, 1.165) is 12.0 Å². The molecular formula is C17H21NO3. The third kappa shape index (κ3) is 1.47. The van der Waals surface area contributed by atoms with E-state index >= 15 is 0 Å². The molecule has 4 nitrogen and oxygen atoms in total. The number of nitrogens with zero attached hydrogens (tertiary/aromatic N) is 1. The summed E-state index contributed by atoms with van der Waals surface area (Å²) in [6, 6.07) is 4.08. The molecule has 4 rings (SSSR count). The lowest BCUT2D eigenvalue weighted by Crippen LogP contribution is -2.58. The summed E-state index contributed by atoms with van der Waals surface area (Å²) in [6.07, 6.45) is 3.97. The fourth-order valence-corrected chi connectivity index (χ4v) is 4.58. The standard InChI is InChI=1S/C17H21NO3/c1-17-10-5-7-13(20)16(17)21-15-12(19)6-4-9(14(15)17)8-11(10)18(2)3/h4-7,10-11,13,16,19-20H,8H2,1-3H3/t10?,11-,13+,16+,17+/m1/s1. The summed E-state index contributed by atoms with van der Waals surface area (Å²) < 4.78 is 6.01. The highest BCUT2D eigenvalue weighted by atomic mass is 16.5. The van der Waals surface area contributed by atoms with Gasteiger partial charge in [-0.3, -0.25) is 0 Å². The number of hydrogen-bond acceptors (Lipinski definition) is 4. The quantitative estimate of drug-likeness (QED) is 0.768. The monoisotopic (exact) mass is 287 g/mol. The molecule has 5 atom stereocenters. The highest BCUT2D eigenvalue weighted by Gasteiger charge is 2.59. The number of phenolic OH excluding ortho intramolecular Hbond substituents is 1. The van der Waals surface area contributed by atoms with Gasteiger partial charge in [-0.2, -0.15) is 0 Å². The van der Waals surface area contributed by atoms with Crippen LogP contribution in [0, 0.1) is 5.92 Å². The van der Waals surface area contributed by atoms with Gasteiger partial charge in [-0.25, -0.2) is 0 Å². The van der Waals surface area contributed by atoms with E-state index < -0.39 is 6.10 Å². The summed E-state index contributed by atoms with van der Waals surface area (Å²) in [4.78, 5) is 2.25. The van der Waals surface area contributed by atoms with E-state index in [1.54, 1.807) is 6.07 Å². The average Bonchev–Trinajstić information content (AvgIpc) is 2.76. The molecule has 0 aromatic heterocycles. The molecule has 0 saturated heterocycles. The zero-order valence-electron chi connectivity index (χ0n) is 12.6. The fraction of sp³-hybridized carbons (Fsp3) is 0.529. The molecule has 1 heterocycles. The minimum atomic E-state index is -0.633. The number of aliphatic hydroxyl groups is 1. The third-order valence-electron chi connectivity index (χ3n) is 5.62. The van der Waals surface area contributed by atoms with Gasteiger partial charge in [0.15, 0.2) is 11.5 Å². The first-order valence-electron chi connectivity index (χ1n) is 7.49. The van der Waals surface area contributed by atoms with Crippen molar-refractivity contribution < 1.29 is 14.9 Å². The summed E-state index contributed by atoms with van der Waals surface area (Å²) in [7, 11) is 4.20. The Bertz CT molecular complexity index is 639. The number of ether oxygens (including phenoxy) is 1. The Labute approximate surface area is 124 Å². The van der Waals surface area contributed by atoms with Crippen molar-refractivity contribution in [1.29, 1.82) is 0 Å². The van der Waals surface area contributed by atoms with Crippen molar-refractivity contribution in [3.8, 4) is 11.5 Å². The van der Waals surface area contributed by atoms with Gasteiger partial charge in [0.05, 0.1) is 0 Å². The van der Waals surface area contributed by atoms with Gasteiger partial charge in [0, 0.05) is 22.9 Å². The molecule has 4 heteroatoms. The van der Waals surface area contributed by atoms with Crippen LogP contribution in [0.5, 0.6) is 11.5 Å². The molecule has 0 bridgehead atoms. The smallest absolute Gasteiger partial charge is 0.165 e. The molecule has 1 unspecified atom stereocenters. The first kappa shape index (κ1) is 13.2. The van der Waals surface area contributed by atoms with Gasteiger partial charge >= 0.3 is 0 Å². The molecule has 3 aliphatic rings. The van der Waals surface area contributed by atoms with E-state index in [9.17, 15) is 10.2 Å². The van der Waals surface area contributed by atoms with Gasteiger partial charge in [-0.15, -0.1) is 0 Å². The number of rotatable bonds is 1. The summed E-state index contributed by atoms with van der Waals surface area (Å²) >= 11 is 0. The van der Waals surface area contributed by atoms with Crippen molar-refractivity contribution in [2.24, 2.45) is 5.92 Å². The molecule has 2 N–H and O–H groups in total. The Morgan fingerprint density at radius 2 is 2.05 bits per heavy atom. The minimum Gasteiger partial charge on any atom is -0.504 e. The van der Waals surface area contributed by atoms with Crippen molar-refractivity contribution in [1.82, 2.24) is 4.90 Å². The van der Waals surface area contributed by atoms with E-state index in [4.69, 9.17) is 4.74 Å². The van der Waals surface area contributed by atoms with Crippen LogP contribution in [0.3, 0.4) is 0 Å². The third-order valence-corrected chi connectivity index (χ3v) is 5.62. The summed E-state index contributed by atoms with van der Waals surface area (Å²) in [5.74, 6) is 1.03. The Kier molecular flexibility index (Phi) is 2.52. The molecule has 1 aromatic rings. The maximum absolute atomic E-state index is 10.4. The molecule has 0 fully saturated rings. The van der Waals surface area contributed by atoms with E-state index in [1.165, 1.54) is 5.56 Å². The van der Waals surface area contributed by atoms with Crippen LogP contribution in [-0.4, -0.2) is 47.5 Å². The van der Waals surface area contributed by atoms with E-state index in [2.05, 4.69) is 32.0 Å². The maximum atomic E-state index is 10.4. The lowest BCUT2D eigenvalue weighted by atomic mass is 9.57. The number of aromatic hydroxyl groups is 1. The molecule has 1 aromatic carbocycles. The highest BCUT2D eigenvalue weighted by molar-refractivity contribution is 5.60. The molecule has 21 heavy (non-hydrogen) atoms. The van der Waals surface area contributed by atoms with Crippen LogP contribution in [0.4, 0.5) is 0 Å². The van der Waals surface area contributed by atoms with Crippen LogP contribution in [0.15, 0.2) is 24.3 Å². The molecular weight excluding hydrogens is 266 g/mol. The Hall–Kier alpha value is -1.52. The first-order chi connectivity index (χ1) is 9.94. The minimum absolute atomic E-state index is 0.179. The van der Waals surface area contributed by atoms with Gasteiger partial charge in [0.1, 0.15) is 12.2 Å². The molecule has 2 aliphatic carbocycles. The molecule has 0 amide bonds. The molecule has 0 radical (unpaired) electrons. The number of benzene rings is 1. The Morgan fingerprint density at radius 1 is 1.29 bits per heavy atom. The lowest BCUT2D eigenvalue weighted by molar-refractivity contribution is -0.00517. The van der Waals surface area contributed by atoms with Crippen LogP contribution in [0.2, 0.25) is 0 Å². The van der Waals surface area contributed by atoms with Crippen LogP contribution >= 0.6 is 0 Å². The van der Waals surface area contributed by atoms with Crippen molar-refractivity contribution >= 4 is 0 Å². The molecule has 0 saturated carbocycles. The van der Waals surface area contributed by atoms with Crippen LogP contribution in [0.25, 0.3) is 0 Å². The van der Waals surface area contributed by atoms with Gasteiger partial charge in [-0.1, -0.05) is 25.1 Å². The second kappa shape index (κ2) is 4.02. The summed E-state index contributed by atoms with van der Waals surface area (Å²) in [5.41, 5.74) is 2.04. The number of likely N-dealkylation sites (N-methyl/N-ethyl adjacent to an activating group) is 1. The van der Waals surface area contributed by atoms with Crippen LogP contribution in [-0.2, 0) is 11.8 Å². The van der Waals surface area contributed by atoms with E-state index in [0.29, 0.717) is 11.8 Å². The SMILES string of the molecule is CN(C)[C@@H]1Cc2ccc(O)c3c2[C@]2(C)C1C=C[C@H](O)[C@@H]2O3. The first-order valence-corrected chi connectivity index (χ1v) is 7.49. The number of phenols is 1. The molecule has 1 aliphatic heterocycles. The molecule has 0 spiro atoms. The Morgan fingerprint density at radius 3 is 2.76 bits per heavy atom. The van der Waals surface area contributed by atoms with Gasteiger partial charge in [0.25, 0.3) is 0 Å². The maximum Gasteiger partial charge on any atom is 0.165 e. The zero-order chi connectivity index (χ0) is 14.9. The van der Waals surface area contributed by atoms with Crippen molar-refractivity contribution in [3.05, 3.63) is 35.4 Å². The largest absolute Gasteiger partial charge is 0.504 e. The zero-order valence-corrected chi connectivity index (χ0v) is 12.6. The van der Waals surface area contributed by atoms with Crippen LogP contribution in [0.1, 0.15) is 18.1 Å². The lowest BCUT2D eigenvalue weighted by Gasteiger charge is -2.49. The van der Waals surface area contributed by atoms with Crippen molar-refractivity contribution in [2.45, 2.75) is 37.0 Å². The normalized spacial score (nSPS) is 39.3.